The fourth-order valence-corrected chi connectivity index (χ4v) is 4.61. The molecule has 3 rings (SSSR count). The third-order valence-electron chi connectivity index (χ3n) is 4.74. The number of rotatable bonds is 5. The predicted molar refractivity (Wildman–Crippen MR) is 95.1 cm³/mol. The van der Waals surface area contributed by atoms with Crippen LogP contribution in [-0.2, 0) is 23.6 Å². The molecule has 1 aromatic heterocycles. The highest BCUT2D eigenvalue weighted by Gasteiger charge is 2.33. The number of hydrogen-bond acceptors (Lipinski definition) is 6. The number of sulfonamides is 1. The predicted octanol–water partition coefficient (Wildman–Crippen LogP) is 1.14. The first kappa shape index (κ1) is 18.5. The summed E-state index contributed by atoms with van der Waals surface area (Å²) in [5.74, 6) is 0. The molecule has 2 aromatic rings. The summed E-state index contributed by atoms with van der Waals surface area (Å²) < 4.78 is 28.8. The summed E-state index contributed by atoms with van der Waals surface area (Å²) in [4.78, 5) is 12.4. The Morgan fingerprint density at radius 1 is 1.19 bits per heavy atom. The molecule has 0 radical (unpaired) electrons. The molecule has 1 aromatic carbocycles. The van der Waals surface area contributed by atoms with E-state index in [9.17, 15) is 18.5 Å². The highest BCUT2D eigenvalue weighted by molar-refractivity contribution is 7.89. The first-order valence-electron chi connectivity index (χ1n) is 8.24. The number of hydrogen-bond donors (Lipinski definition) is 0. The van der Waals surface area contributed by atoms with E-state index in [0.717, 1.165) is 11.3 Å². The van der Waals surface area contributed by atoms with Gasteiger partial charge < -0.3 is 0 Å². The number of nitro benzene ring substituents is 1. The van der Waals surface area contributed by atoms with E-state index in [1.165, 1.54) is 28.6 Å². The Morgan fingerprint density at radius 2 is 1.85 bits per heavy atom. The van der Waals surface area contributed by atoms with Gasteiger partial charge in [0, 0.05) is 57.1 Å². The lowest BCUT2D eigenvalue weighted by molar-refractivity contribution is -0.387. The molecule has 1 aliphatic rings. The first-order chi connectivity index (χ1) is 12.3. The first-order valence-corrected chi connectivity index (χ1v) is 9.68. The molecule has 1 aliphatic heterocycles. The van der Waals surface area contributed by atoms with E-state index in [0.29, 0.717) is 32.7 Å². The van der Waals surface area contributed by atoms with Crippen LogP contribution in [0.15, 0.2) is 35.4 Å². The van der Waals surface area contributed by atoms with Crippen LogP contribution in [0.25, 0.3) is 0 Å². The monoisotopic (exact) mass is 379 g/mol. The lowest BCUT2D eigenvalue weighted by atomic mass is 10.2. The summed E-state index contributed by atoms with van der Waals surface area (Å²) >= 11 is 0. The quantitative estimate of drug-likeness (QED) is 0.570. The minimum absolute atomic E-state index is 0.249. The normalized spacial score (nSPS) is 16.7. The van der Waals surface area contributed by atoms with Gasteiger partial charge in [-0.15, -0.1) is 0 Å². The van der Waals surface area contributed by atoms with E-state index in [1.54, 1.807) is 0 Å². The van der Waals surface area contributed by atoms with Crippen LogP contribution < -0.4 is 0 Å². The highest BCUT2D eigenvalue weighted by Crippen LogP contribution is 2.27. The van der Waals surface area contributed by atoms with Crippen LogP contribution in [0.2, 0.25) is 0 Å². The van der Waals surface area contributed by atoms with Gasteiger partial charge in [0.05, 0.1) is 11.1 Å². The van der Waals surface area contributed by atoms with Crippen molar-refractivity contribution in [2.45, 2.75) is 18.4 Å². The van der Waals surface area contributed by atoms with Crippen LogP contribution in [0.5, 0.6) is 0 Å². The van der Waals surface area contributed by atoms with Gasteiger partial charge in [-0.05, 0) is 13.0 Å². The Morgan fingerprint density at radius 3 is 2.42 bits per heavy atom. The highest BCUT2D eigenvalue weighted by atomic mass is 32.2. The summed E-state index contributed by atoms with van der Waals surface area (Å²) in [7, 11) is -2.00. The fourth-order valence-electron chi connectivity index (χ4n) is 3.03. The van der Waals surface area contributed by atoms with Crippen LogP contribution in [0.1, 0.15) is 11.3 Å². The summed E-state index contributed by atoms with van der Waals surface area (Å²) in [5.41, 5.74) is 1.81. The maximum absolute atomic E-state index is 12.8. The standard InChI is InChI=1S/C16H21N5O4S/c1-13-14(11-17-18(13)2)12-19-7-9-20(10-8-19)26(24,25)16-6-4-3-5-15(16)21(22)23/h3-6,11H,7-10,12H2,1-2H3. The molecule has 0 spiro atoms. The molecule has 26 heavy (non-hydrogen) atoms. The molecule has 2 heterocycles. The van der Waals surface area contributed by atoms with E-state index >= 15 is 0 Å². The minimum atomic E-state index is -3.89. The molecule has 0 atom stereocenters. The molecule has 9 nitrogen and oxygen atoms in total. The van der Waals surface area contributed by atoms with Gasteiger partial charge in [0.15, 0.2) is 4.90 Å². The smallest absolute Gasteiger partial charge is 0.289 e. The van der Waals surface area contributed by atoms with Gasteiger partial charge in [-0.3, -0.25) is 19.7 Å². The lowest BCUT2D eigenvalue weighted by Gasteiger charge is -2.33. The number of nitrogens with zero attached hydrogens (tertiary/aromatic N) is 5. The van der Waals surface area contributed by atoms with Crippen molar-refractivity contribution >= 4 is 15.7 Å². The fraction of sp³-hybridized carbons (Fsp3) is 0.438. The van der Waals surface area contributed by atoms with Crippen molar-refractivity contribution in [1.82, 2.24) is 19.0 Å². The molecule has 0 N–H and O–H groups in total. The number of nitro groups is 1. The maximum Gasteiger partial charge on any atom is 0.289 e. The van der Waals surface area contributed by atoms with Crippen LogP contribution in [0.3, 0.4) is 0 Å². The lowest BCUT2D eigenvalue weighted by Crippen LogP contribution is -2.48. The van der Waals surface area contributed by atoms with Crippen molar-refractivity contribution in [3.05, 3.63) is 51.8 Å². The van der Waals surface area contributed by atoms with Crippen molar-refractivity contribution in [1.29, 1.82) is 0 Å². The molecule has 0 saturated carbocycles. The Kier molecular flexibility index (Phi) is 5.08. The molecular formula is C16H21N5O4S. The van der Waals surface area contributed by atoms with E-state index in [-0.39, 0.29) is 10.6 Å². The topological polar surface area (TPSA) is 102 Å². The Balaban J connectivity index is 1.71. The second-order valence-corrected chi connectivity index (χ2v) is 8.19. The second kappa shape index (κ2) is 7.14. The molecule has 0 amide bonds. The Labute approximate surface area is 152 Å². The van der Waals surface area contributed by atoms with E-state index in [1.807, 2.05) is 24.9 Å². The minimum Gasteiger partial charge on any atom is -0.296 e. The van der Waals surface area contributed by atoms with Crippen molar-refractivity contribution in [2.24, 2.45) is 7.05 Å². The third-order valence-corrected chi connectivity index (χ3v) is 6.69. The molecule has 1 fully saturated rings. The second-order valence-electron chi connectivity index (χ2n) is 6.28. The largest absolute Gasteiger partial charge is 0.296 e. The molecule has 0 aliphatic carbocycles. The number of para-hydroxylation sites is 1. The number of aromatic nitrogens is 2. The number of piperazine rings is 1. The zero-order chi connectivity index (χ0) is 18.9. The van der Waals surface area contributed by atoms with Crippen LogP contribution >= 0.6 is 0 Å². The Bertz CT molecular complexity index is 916. The van der Waals surface area contributed by atoms with Crippen molar-refractivity contribution in [3.8, 4) is 0 Å². The van der Waals surface area contributed by atoms with Gasteiger partial charge in [-0.2, -0.15) is 9.40 Å². The van der Waals surface area contributed by atoms with Gasteiger partial charge in [0.2, 0.25) is 10.0 Å². The maximum atomic E-state index is 12.8. The molecule has 10 heteroatoms. The number of benzene rings is 1. The van der Waals surface area contributed by atoms with Crippen molar-refractivity contribution < 1.29 is 13.3 Å². The van der Waals surface area contributed by atoms with Crippen molar-refractivity contribution in [2.75, 3.05) is 26.2 Å². The summed E-state index contributed by atoms with van der Waals surface area (Å²) in [6, 6.07) is 5.47. The average molecular weight is 379 g/mol. The summed E-state index contributed by atoms with van der Waals surface area (Å²) in [5, 5.41) is 15.4. The zero-order valence-electron chi connectivity index (χ0n) is 14.7. The summed E-state index contributed by atoms with van der Waals surface area (Å²) in [6.45, 7) is 4.43. The Hall–Kier alpha value is -2.30. The van der Waals surface area contributed by atoms with Gasteiger partial charge in [-0.25, -0.2) is 8.42 Å². The van der Waals surface area contributed by atoms with E-state index < -0.39 is 14.9 Å². The molecule has 140 valence electrons. The van der Waals surface area contributed by atoms with Crippen LogP contribution in [-0.4, -0.2) is 58.5 Å². The van der Waals surface area contributed by atoms with Crippen molar-refractivity contribution in [3.63, 3.8) is 0 Å². The average Bonchev–Trinajstić information content (AvgIpc) is 2.94. The van der Waals surface area contributed by atoms with Gasteiger partial charge in [0.1, 0.15) is 0 Å². The number of aryl methyl sites for hydroxylation is 1. The molecule has 0 bridgehead atoms. The zero-order valence-corrected chi connectivity index (χ0v) is 15.5. The molecular weight excluding hydrogens is 358 g/mol. The summed E-state index contributed by atoms with van der Waals surface area (Å²) in [6.07, 6.45) is 1.83. The van der Waals surface area contributed by atoms with E-state index in [2.05, 4.69) is 10.00 Å². The molecule has 0 unspecified atom stereocenters. The molecule has 1 saturated heterocycles. The van der Waals surface area contributed by atoms with Gasteiger partial charge >= 0.3 is 0 Å². The van der Waals surface area contributed by atoms with Crippen LogP contribution in [0.4, 0.5) is 5.69 Å². The SMILES string of the molecule is Cc1c(CN2CCN(S(=O)(=O)c3ccccc3[N+](=O)[O-])CC2)cnn1C. The van der Waals surface area contributed by atoms with Crippen LogP contribution in [0, 0.1) is 17.0 Å². The third kappa shape index (κ3) is 3.48. The van der Waals surface area contributed by atoms with E-state index in [4.69, 9.17) is 0 Å². The van der Waals surface area contributed by atoms with Gasteiger partial charge in [-0.1, -0.05) is 12.1 Å². The van der Waals surface area contributed by atoms with Gasteiger partial charge in [0.25, 0.3) is 5.69 Å².